The molecule has 4 amide bonds. The molecule has 4 aromatic rings. The molecule has 0 spiro atoms. The first kappa shape index (κ1) is 26.7. The summed E-state index contributed by atoms with van der Waals surface area (Å²) in [6.07, 6.45) is 8.43. The summed E-state index contributed by atoms with van der Waals surface area (Å²) in [6.45, 7) is 1.96. The molecule has 1 aliphatic heterocycles. The number of likely N-dealkylation sites (N-methyl/N-ethyl adjacent to an activating group) is 1. The van der Waals surface area contributed by atoms with Gasteiger partial charge in [-0.3, -0.25) is 19.4 Å². The third-order valence-electron chi connectivity index (χ3n) is 8.02. The van der Waals surface area contributed by atoms with E-state index in [1.54, 1.807) is 19.3 Å². The molecule has 5 heterocycles. The van der Waals surface area contributed by atoms with Crippen LogP contribution in [0.15, 0.2) is 36.8 Å². The number of pyridine rings is 1. The van der Waals surface area contributed by atoms with Crippen LogP contribution in [-0.4, -0.2) is 72.9 Å². The van der Waals surface area contributed by atoms with Gasteiger partial charge in [-0.05, 0) is 49.8 Å². The van der Waals surface area contributed by atoms with Crippen molar-refractivity contribution in [2.24, 2.45) is 5.92 Å². The Balaban J connectivity index is 1.09. The number of imidazole rings is 1. The van der Waals surface area contributed by atoms with Crippen LogP contribution in [0.3, 0.4) is 0 Å². The minimum absolute atomic E-state index is 0.0186. The van der Waals surface area contributed by atoms with E-state index in [0.717, 1.165) is 29.0 Å². The molecule has 43 heavy (non-hydrogen) atoms. The van der Waals surface area contributed by atoms with Crippen molar-refractivity contribution in [1.82, 2.24) is 34.4 Å². The molecule has 0 unspecified atom stereocenters. The van der Waals surface area contributed by atoms with Crippen molar-refractivity contribution in [2.75, 3.05) is 36.2 Å². The number of hydrogen-bond acceptors (Lipinski definition) is 10. The highest BCUT2D eigenvalue weighted by molar-refractivity contribution is 6.13. The van der Waals surface area contributed by atoms with Gasteiger partial charge in [0.1, 0.15) is 19.0 Å². The lowest BCUT2D eigenvalue weighted by Crippen LogP contribution is -2.30. The molecule has 2 N–H and O–H groups in total. The van der Waals surface area contributed by atoms with E-state index in [9.17, 15) is 14.4 Å². The number of imide groups is 1. The third-order valence-corrected chi connectivity index (χ3v) is 8.02. The van der Waals surface area contributed by atoms with Crippen LogP contribution in [0.1, 0.15) is 53.9 Å². The normalized spacial score (nSPS) is 19.7. The largest absolute Gasteiger partial charge is 0.483 e. The van der Waals surface area contributed by atoms with Gasteiger partial charge in [-0.2, -0.15) is 0 Å². The van der Waals surface area contributed by atoms with Crippen LogP contribution in [0.5, 0.6) is 5.75 Å². The fourth-order valence-electron chi connectivity index (χ4n) is 5.35. The highest BCUT2D eigenvalue weighted by Crippen LogP contribution is 2.46. The van der Waals surface area contributed by atoms with Gasteiger partial charge in [0.2, 0.25) is 11.8 Å². The van der Waals surface area contributed by atoms with Crippen LogP contribution in [0.2, 0.25) is 0 Å². The van der Waals surface area contributed by atoms with Crippen LogP contribution in [0, 0.1) is 12.8 Å². The van der Waals surface area contributed by atoms with Gasteiger partial charge in [0, 0.05) is 56.3 Å². The second-order valence-electron chi connectivity index (χ2n) is 11.2. The zero-order chi connectivity index (χ0) is 29.8. The number of nitrogens with one attached hydrogen (secondary N) is 2. The maximum atomic E-state index is 12.9. The zero-order valence-corrected chi connectivity index (χ0v) is 23.9. The van der Waals surface area contributed by atoms with Gasteiger partial charge in [-0.25, -0.2) is 19.7 Å². The van der Waals surface area contributed by atoms with E-state index in [1.807, 2.05) is 35.9 Å². The van der Waals surface area contributed by atoms with Crippen molar-refractivity contribution in [3.05, 3.63) is 59.6 Å². The standard InChI is InChI=1S/C29H30N10O4/c1-15-6-7-31-25(32-15)19-9-20(19)28(41)34-23-10-22(26(30-2)36-35-23)43-14-18-12-38-11-17(16-4-5-16)8-21(27(38)33-18)39-13-24(40)37(3)29(39)42/h6-8,10-12,16,19-20H,4-5,9,13-14H2,1-3H3,(H,30,36)(H,34,35,41)/t19-,20-/m0/s1. The van der Waals surface area contributed by atoms with Gasteiger partial charge < -0.3 is 19.8 Å². The Morgan fingerprint density at radius 2 is 1.98 bits per heavy atom. The quantitative estimate of drug-likeness (QED) is 0.281. The number of carbonyl (C=O) groups excluding carboxylic acids is 3. The molecule has 2 saturated carbocycles. The number of ether oxygens (including phenoxy) is 1. The molecule has 0 aromatic carbocycles. The highest BCUT2D eigenvalue weighted by Gasteiger charge is 2.46. The van der Waals surface area contributed by atoms with E-state index < -0.39 is 0 Å². The number of fused-ring (bicyclic) bond motifs is 1. The predicted molar refractivity (Wildman–Crippen MR) is 155 cm³/mol. The summed E-state index contributed by atoms with van der Waals surface area (Å²) in [5.41, 5.74) is 3.74. The second-order valence-corrected chi connectivity index (χ2v) is 11.2. The second kappa shape index (κ2) is 10.3. The summed E-state index contributed by atoms with van der Waals surface area (Å²) in [5.74, 6) is 1.48. The number of amides is 4. The van der Waals surface area contributed by atoms with Gasteiger partial charge in [-0.1, -0.05) is 0 Å². The number of carbonyl (C=O) groups is 3. The first-order valence-electron chi connectivity index (χ1n) is 14.2. The van der Waals surface area contributed by atoms with E-state index in [2.05, 4.69) is 30.8 Å². The average molecular weight is 583 g/mol. The smallest absolute Gasteiger partial charge is 0.331 e. The third kappa shape index (κ3) is 5.08. The maximum Gasteiger partial charge on any atom is 0.331 e. The summed E-state index contributed by atoms with van der Waals surface area (Å²) in [5, 5.41) is 14.1. The molecule has 3 aliphatic rings. The van der Waals surface area contributed by atoms with Crippen molar-refractivity contribution in [3.8, 4) is 5.75 Å². The van der Waals surface area contributed by atoms with Gasteiger partial charge in [-0.15, -0.1) is 10.2 Å². The Morgan fingerprint density at radius 1 is 1.14 bits per heavy atom. The molecule has 14 nitrogen and oxygen atoms in total. The van der Waals surface area contributed by atoms with Crippen LogP contribution in [-0.2, 0) is 16.2 Å². The molecular weight excluding hydrogens is 552 g/mol. The number of aromatic nitrogens is 6. The maximum absolute atomic E-state index is 12.9. The molecule has 220 valence electrons. The molecule has 1 saturated heterocycles. The molecule has 0 radical (unpaired) electrons. The molecule has 2 aliphatic carbocycles. The van der Waals surface area contributed by atoms with Crippen LogP contribution in [0.4, 0.5) is 22.1 Å². The Labute approximate surface area is 246 Å². The molecule has 3 fully saturated rings. The molecule has 14 heteroatoms. The number of aryl methyl sites for hydroxylation is 1. The first-order chi connectivity index (χ1) is 20.8. The van der Waals surface area contributed by atoms with Crippen molar-refractivity contribution in [1.29, 1.82) is 0 Å². The molecule has 0 bridgehead atoms. The minimum Gasteiger partial charge on any atom is -0.483 e. The SMILES string of the molecule is CNc1nnc(NC(=O)[C@H]2C[C@@H]2c2nccc(C)n2)cc1OCc1cn2cc(C3CC3)cc(N3CC(=O)N(C)C3=O)c2n1. The molecule has 4 aromatic heterocycles. The van der Waals surface area contributed by atoms with Crippen LogP contribution in [0.25, 0.3) is 5.65 Å². The van der Waals surface area contributed by atoms with E-state index in [4.69, 9.17) is 9.72 Å². The van der Waals surface area contributed by atoms with Crippen molar-refractivity contribution >= 4 is 40.8 Å². The van der Waals surface area contributed by atoms with Gasteiger partial charge in [0.05, 0.1) is 11.4 Å². The Hall–Kier alpha value is -5.14. The zero-order valence-electron chi connectivity index (χ0n) is 23.9. The monoisotopic (exact) mass is 582 g/mol. The number of rotatable bonds is 9. The molecule has 7 rings (SSSR count). The van der Waals surface area contributed by atoms with E-state index in [-0.39, 0.29) is 48.7 Å². The Bertz CT molecular complexity index is 1780. The highest BCUT2D eigenvalue weighted by atomic mass is 16.5. The minimum atomic E-state index is -0.374. The number of anilines is 3. The number of urea groups is 1. The molecular formula is C29H30N10O4. The van der Waals surface area contributed by atoms with Gasteiger partial charge in [0.15, 0.2) is 23.0 Å². The Morgan fingerprint density at radius 3 is 2.70 bits per heavy atom. The summed E-state index contributed by atoms with van der Waals surface area (Å²) in [6, 6.07) is 5.04. The topological polar surface area (TPSA) is 160 Å². The summed E-state index contributed by atoms with van der Waals surface area (Å²) in [4.78, 5) is 54.1. The predicted octanol–water partition coefficient (Wildman–Crippen LogP) is 2.86. The fourth-order valence-corrected chi connectivity index (χ4v) is 5.35. The van der Waals surface area contributed by atoms with Gasteiger partial charge >= 0.3 is 6.03 Å². The lowest BCUT2D eigenvalue weighted by Gasteiger charge is -2.17. The van der Waals surface area contributed by atoms with Crippen molar-refractivity contribution in [2.45, 2.75) is 44.6 Å². The number of hydrogen-bond donors (Lipinski definition) is 2. The fraction of sp³-hybridized carbons (Fsp3) is 0.379. The molecule has 2 atom stereocenters. The lowest BCUT2D eigenvalue weighted by molar-refractivity contribution is -0.124. The van der Waals surface area contributed by atoms with Gasteiger partial charge in [0.25, 0.3) is 0 Å². The van der Waals surface area contributed by atoms with Crippen molar-refractivity contribution < 1.29 is 19.1 Å². The average Bonchev–Trinajstić information content (AvgIpc) is 3.93. The first-order valence-corrected chi connectivity index (χ1v) is 14.2. The van der Waals surface area contributed by atoms with Crippen LogP contribution < -0.4 is 20.3 Å². The summed E-state index contributed by atoms with van der Waals surface area (Å²) < 4.78 is 7.99. The van der Waals surface area contributed by atoms with Crippen molar-refractivity contribution in [3.63, 3.8) is 0 Å². The van der Waals surface area contributed by atoms with E-state index in [0.29, 0.717) is 46.8 Å². The van der Waals surface area contributed by atoms with Crippen LogP contribution >= 0.6 is 0 Å². The van der Waals surface area contributed by atoms with E-state index >= 15 is 0 Å². The summed E-state index contributed by atoms with van der Waals surface area (Å²) >= 11 is 0. The summed E-state index contributed by atoms with van der Waals surface area (Å²) in [7, 11) is 3.19. The number of nitrogens with zero attached hydrogens (tertiary/aromatic N) is 8. The lowest BCUT2D eigenvalue weighted by atomic mass is 10.1. The Kier molecular flexibility index (Phi) is 6.40. The van der Waals surface area contributed by atoms with E-state index in [1.165, 1.54) is 11.9 Å².